The number of rotatable bonds is 7. The molecular formula is C20H20N4O3. The summed E-state index contributed by atoms with van der Waals surface area (Å²) in [5.41, 5.74) is 1.59. The lowest BCUT2D eigenvalue weighted by Gasteiger charge is -2.15. The van der Waals surface area contributed by atoms with Crippen LogP contribution in [-0.2, 0) is 0 Å². The molecule has 3 N–H and O–H groups in total. The number of para-hydroxylation sites is 2. The number of hydrogen-bond acceptors (Lipinski definition) is 6. The molecule has 0 saturated heterocycles. The van der Waals surface area contributed by atoms with Crippen molar-refractivity contribution < 1.29 is 14.6 Å². The Bertz CT molecular complexity index is 944. The van der Waals surface area contributed by atoms with Gasteiger partial charge in [-0.1, -0.05) is 18.2 Å². The van der Waals surface area contributed by atoms with Gasteiger partial charge in [0.15, 0.2) is 0 Å². The summed E-state index contributed by atoms with van der Waals surface area (Å²) in [7, 11) is 0. The smallest absolute Gasteiger partial charge is 0.335 e. The number of aromatic carboxylic acids is 1. The number of nitrogens with zero attached hydrogens (tertiary/aromatic N) is 2. The van der Waals surface area contributed by atoms with Crippen LogP contribution in [0.1, 0.15) is 24.2 Å². The van der Waals surface area contributed by atoms with Gasteiger partial charge in [-0.05, 0) is 50.2 Å². The maximum Gasteiger partial charge on any atom is 0.335 e. The third-order valence-corrected chi connectivity index (χ3v) is 3.53. The zero-order valence-electron chi connectivity index (χ0n) is 15.0. The highest BCUT2D eigenvalue weighted by atomic mass is 16.5. The molecule has 0 unspecified atom stereocenters. The second-order valence-electron chi connectivity index (χ2n) is 6.06. The lowest BCUT2D eigenvalue weighted by molar-refractivity contribution is 0.0697. The van der Waals surface area contributed by atoms with Crippen molar-refractivity contribution in [2.75, 3.05) is 10.6 Å². The monoisotopic (exact) mass is 364 g/mol. The Kier molecular flexibility index (Phi) is 5.51. The van der Waals surface area contributed by atoms with E-state index in [1.807, 2.05) is 38.1 Å². The zero-order valence-corrected chi connectivity index (χ0v) is 15.0. The summed E-state index contributed by atoms with van der Waals surface area (Å²) < 4.78 is 5.79. The predicted molar refractivity (Wildman–Crippen MR) is 104 cm³/mol. The van der Waals surface area contributed by atoms with Gasteiger partial charge in [0.25, 0.3) is 0 Å². The average Bonchev–Trinajstić information content (AvgIpc) is 2.63. The molecule has 7 heteroatoms. The van der Waals surface area contributed by atoms with Gasteiger partial charge in [0.05, 0.1) is 17.4 Å². The minimum absolute atomic E-state index is 0.0448. The van der Waals surface area contributed by atoms with E-state index in [2.05, 4.69) is 20.6 Å². The molecule has 27 heavy (non-hydrogen) atoms. The molecule has 0 amide bonds. The molecule has 138 valence electrons. The molecule has 0 fully saturated rings. The van der Waals surface area contributed by atoms with Gasteiger partial charge in [-0.15, -0.1) is 0 Å². The number of ether oxygens (including phenoxy) is 1. The van der Waals surface area contributed by atoms with E-state index in [-0.39, 0.29) is 11.7 Å². The summed E-state index contributed by atoms with van der Waals surface area (Å²) in [6.07, 6.45) is 1.66. The van der Waals surface area contributed by atoms with Crippen LogP contribution in [0.4, 0.5) is 23.1 Å². The third-order valence-electron chi connectivity index (χ3n) is 3.53. The van der Waals surface area contributed by atoms with Gasteiger partial charge < -0.3 is 20.5 Å². The molecule has 0 aliphatic heterocycles. The van der Waals surface area contributed by atoms with E-state index < -0.39 is 5.97 Å². The summed E-state index contributed by atoms with van der Waals surface area (Å²) in [6, 6.07) is 15.8. The van der Waals surface area contributed by atoms with Crippen molar-refractivity contribution in [1.29, 1.82) is 0 Å². The van der Waals surface area contributed by atoms with Crippen molar-refractivity contribution in [1.82, 2.24) is 9.97 Å². The molecular weight excluding hydrogens is 344 g/mol. The van der Waals surface area contributed by atoms with Crippen molar-refractivity contribution in [2.45, 2.75) is 20.0 Å². The minimum atomic E-state index is -0.981. The summed E-state index contributed by atoms with van der Waals surface area (Å²) in [4.78, 5) is 19.7. The molecule has 7 nitrogen and oxygen atoms in total. The number of carboxylic acids is 1. The van der Waals surface area contributed by atoms with Crippen LogP contribution >= 0.6 is 0 Å². The fourth-order valence-electron chi connectivity index (χ4n) is 2.41. The number of carboxylic acid groups (broad SMARTS) is 1. The molecule has 0 aliphatic carbocycles. The topological polar surface area (TPSA) is 96.4 Å². The fourth-order valence-corrected chi connectivity index (χ4v) is 2.41. The molecule has 0 spiro atoms. The average molecular weight is 364 g/mol. The Morgan fingerprint density at radius 2 is 1.89 bits per heavy atom. The largest absolute Gasteiger partial charge is 0.489 e. The van der Waals surface area contributed by atoms with Crippen LogP contribution in [-0.4, -0.2) is 27.1 Å². The molecule has 0 saturated carbocycles. The number of nitrogens with one attached hydrogen (secondary N) is 2. The van der Waals surface area contributed by atoms with Crippen LogP contribution in [0, 0.1) is 0 Å². The van der Waals surface area contributed by atoms with Gasteiger partial charge in [0, 0.05) is 11.9 Å². The maximum absolute atomic E-state index is 11.1. The standard InChI is InChI=1S/C20H20N4O3/c1-13(2)27-17-9-4-3-8-16(17)23-20-21-11-10-18(24-20)22-15-7-5-6-14(12-15)19(25)26/h3-13H,1-2H3,(H,25,26)(H2,21,22,23,24). The number of aromatic nitrogens is 2. The Hall–Kier alpha value is -3.61. The predicted octanol–water partition coefficient (Wildman–Crippen LogP) is 4.45. The van der Waals surface area contributed by atoms with E-state index in [0.29, 0.717) is 23.2 Å². The molecule has 3 aromatic rings. The van der Waals surface area contributed by atoms with Crippen molar-refractivity contribution in [2.24, 2.45) is 0 Å². The van der Waals surface area contributed by atoms with Crippen LogP contribution in [0.25, 0.3) is 0 Å². The molecule has 1 heterocycles. The SMILES string of the molecule is CC(C)Oc1ccccc1Nc1nccc(Nc2cccc(C(=O)O)c2)n1. The minimum Gasteiger partial charge on any atom is -0.489 e. The van der Waals surface area contributed by atoms with Gasteiger partial charge in [-0.25, -0.2) is 9.78 Å². The van der Waals surface area contributed by atoms with E-state index >= 15 is 0 Å². The second kappa shape index (κ2) is 8.18. The van der Waals surface area contributed by atoms with Gasteiger partial charge in [0.2, 0.25) is 5.95 Å². The van der Waals surface area contributed by atoms with Crippen molar-refractivity contribution in [3.63, 3.8) is 0 Å². The summed E-state index contributed by atoms with van der Waals surface area (Å²) >= 11 is 0. The maximum atomic E-state index is 11.1. The van der Waals surface area contributed by atoms with Crippen molar-refractivity contribution >= 4 is 29.1 Å². The Labute approximate surface area is 157 Å². The first kappa shape index (κ1) is 18.2. The summed E-state index contributed by atoms with van der Waals surface area (Å²) in [5.74, 6) is 0.667. The number of hydrogen-bond donors (Lipinski definition) is 3. The highest BCUT2D eigenvalue weighted by Gasteiger charge is 2.08. The molecule has 2 aromatic carbocycles. The molecule has 0 aliphatic rings. The lowest BCUT2D eigenvalue weighted by Crippen LogP contribution is -2.08. The first-order valence-corrected chi connectivity index (χ1v) is 8.47. The van der Waals surface area contributed by atoms with Crippen LogP contribution in [0.5, 0.6) is 5.75 Å². The van der Waals surface area contributed by atoms with E-state index in [9.17, 15) is 4.79 Å². The number of carbonyl (C=O) groups is 1. The van der Waals surface area contributed by atoms with E-state index in [0.717, 1.165) is 5.69 Å². The zero-order chi connectivity index (χ0) is 19.2. The first-order chi connectivity index (χ1) is 13.0. The second-order valence-corrected chi connectivity index (χ2v) is 6.06. The lowest BCUT2D eigenvalue weighted by atomic mass is 10.2. The van der Waals surface area contributed by atoms with Crippen molar-refractivity contribution in [3.8, 4) is 5.75 Å². The van der Waals surface area contributed by atoms with Crippen LogP contribution in [0.15, 0.2) is 60.8 Å². The number of benzene rings is 2. The van der Waals surface area contributed by atoms with E-state index in [1.54, 1.807) is 30.5 Å². The highest BCUT2D eigenvalue weighted by molar-refractivity contribution is 5.89. The molecule has 0 radical (unpaired) electrons. The molecule has 3 rings (SSSR count). The Morgan fingerprint density at radius 3 is 2.67 bits per heavy atom. The van der Waals surface area contributed by atoms with E-state index in [1.165, 1.54) is 6.07 Å². The Morgan fingerprint density at radius 1 is 1.07 bits per heavy atom. The summed E-state index contributed by atoms with van der Waals surface area (Å²) in [6.45, 7) is 3.92. The van der Waals surface area contributed by atoms with Gasteiger partial charge in [0.1, 0.15) is 11.6 Å². The van der Waals surface area contributed by atoms with Crippen LogP contribution < -0.4 is 15.4 Å². The van der Waals surface area contributed by atoms with Gasteiger partial charge in [-0.3, -0.25) is 0 Å². The first-order valence-electron chi connectivity index (χ1n) is 8.47. The van der Waals surface area contributed by atoms with E-state index in [4.69, 9.17) is 9.84 Å². The van der Waals surface area contributed by atoms with Gasteiger partial charge >= 0.3 is 5.97 Å². The normalized spacial score (nSPS) is 10.5. The molecule has 0 atom stereocenters. The van der Waals surface area contributed by atoms with Crippen LogP contribution in [0.2, 0.25) is 0 Å². The van der Waals surface area contributed by atoms with Crippen molar-refractivity contribution in [3.05, 3.63) is 66.4 Å². The highest BCUT2D eigenvalue weighted by Crippen LogP contribution is 2.27. The van der Waals surface area contributed by atoms with Gasteiger partial charge in [-0.2, -0.15) is 4.98 Å². The number of anilines is 4. The quantitative estimate of drug-likeness (QED) is 0.570. The fraction of sp³-hybridized carbons (Fsp3) is 0.150. The summed E-state index contributed by atoms with van der Waals surface area (Å²) in [5, 5.41) is 15.3. The Balaban J connectivity index is 1.79. The molecule has 1 aromatic heterocycles. The third kappa shape index (κ3) is 4.94. The van der Waals surface area contributed by atoms with Crippen LogP contribution in [0.3, 0.4) is 0 Å². The molecule has 0 bridgehead atoms.